The summed E-state index contributed by atoms with van der Waals surface area (Å²) in [6, 6.07) is 7.06. The van der Waals surface area contributed by atoms with Gasteiger partial charge >= 0.3 is 6.18 Å². The van der Waals surface area contributed by atoms with Crippen LogP contribution in [0.25, 0.3) is 16.5 Å². The molecule has 0 unspecified atom stereocenters. The van der Waals surface area contributed by atoms with Crippen LogP contribution in [0.15, 0.2) is 36.5 Å². The molecular weight excluding hydrogens is 419 g/mol. The van der Waals surface area contributed by atoms with Gasteiger partial charge in [0.25, 0.3) is 5.91 Å². The van der Waals surface area contributed by atoms with Crippen molar-refractivity contribution >= 4 is 32.4 Å². The summed E-state index contributed by atoms with van der Waals surface area (Å²) in [5.74, 6) is -1.70. The molecule has 30 heavy (non-hydrogen) atoms. The number of pyridine rings is 1. The summed E-state index contributed by atoms with van der Waals surface area (Å²) in [6.45, 7) is 0.194. The van der Waals surface area contributed by atoms with Gasteiger partial charge in [-0.25, -0.2) is 13.1 Å². The molecule has 2 aromatic rings. The Morgan fingerprint density at radius 2 is 2.03 bits per heavy atom. The predicted octanol–water partition coefficient (Wildman–Crippen LogP) is 3.26. The molecule has 0 saturated carbocycles. The molecule has 1 amide bonds. The highest BCUT2D eigenvalue weighted by atomic mass is 32.2. The van der Waals surface area contributed by atoms with Crippen LogP contribution in [0.2, 0.25) is 0 Å². The molecule has 0 radical (unpaired) electrons. The number of nitrogens with one attached hydrogen (secondary N) is 2. The van der Waals surface area contributed by atoms with Crippen molar-refractivity contribution < 1.29 is 26.4 Å². The van der Waals surface area contributed by atoms with E-state index < -0.39 is 28.0 Å². The fraction of sp³-hybridized carbons (Fsp3) is 0.400. The van der Waals surface area contributed by atoms with Crippen molar-refractivity contribution in [2.75, 3.05) is 19.3 Å². The van der Waals surface area contributed by atoms with Gasteiger partial charge in [0.15, 0.2) is 0 Å². The maximum Gasteiger partial charge on any atom is 0.392 e. The number of sulfonamides is 1. The minimum absolute atomic E-state index is 0.0444. The third-order valence-electron chi connectivity index (χ3n) is 4.97. The van der Waals surface area contributed by atoms with E-state index in [9.17, 15) is 26.4 Å². The predicted molar refractivity (Wildman–Crippen MR) is 108 cm³/mol. The molecule has 0 bridgehead atoms. The van der Waals surface area contributed by atoms with Crippen molar-refractivity contribution in [1.82, 2.24) is 15.0 Å². The molecule has 1 aromatic heterocycles. The molecule has 0 aliphatic heterocycles. The van der Waals surface area contributed by atoms with Crippen molar-refractivity contribution in [3.8, 4) is 0 Å². The Bertz CT molecular complexity index is 1080. The maximum absolute atomic E-state index is 12.9. The van der Waals surface area contributed by atoms with Gasteiger partial charge in [0.05, 0.1) is 23.3 Å². The molecule has 0 saturated heterocycles. The molecule has 0 fully saturated rings. The van der Waals surface area contributed by atoms with E-state index in [1.807, 2.05) is 6.07 Å². The summed E-state index contributed by atoms with van der Waals surface area (Å²) in [4.78, 5) is 16.7. The average molecular weight is 441 g/mol. The van der Waals surface area contributed by atoms with E-state index >= 15 is 0 Å². The Balaban J connectivity index is 1.74. The standard InChI is InChI=1S/C20H22F3N3O3S/c1-30(28,29)26-10-9-24-19(27)15-11-14-3-2-4-17(18(14)25-12-15)13-5-7-16(8-6-13)20(21,22)23/h2-5,11-12,16,26H,6-10H2,1H3,(H,24,27)/t16-/m1/s1. The quantitative estimate of drug-likeness (QED) is 0.674. The number of rotatable bonds is 6. The van der Waals surface area contributed by atoms with E-state index in [1.165, 1.54) is 6.20 Å². The number of carbonyl (C=O) groups is 1. The molecule has 0 spiro atoms. The van der Waals surface area contributed by atoms with Gasteiger partial charge in [-0.05, 0) is 30.9 Å². The van der Waals surface area contributed by atoms with Gasteiger partial charge in [0, 0.05) is 30.2 Å². The van der Waals surface area contributed by atoms with Gasteiger partial charge in [-0.3, -0.25) is 9.78 Å². The second kappa shape index (κ2) is 8.73. The first-order chi connectivity index (χ1) is 14.0. The number of carbonyl (C=O) groups excluding carboxylic acids is 1. The first-order valence-corrected chi connectivity index (χ1v) is 11.3. The smallest absolute Gasteiger partial charge is 0.351 e. The first kappa shape index (κ1) is 22.2. The zero-order chi connectivity index (χ0) is 21.9. The van der Waals surface area contributed by atoms with Crippen molar-refractivity contribution in [3.05, 3.63) is 47.7 Å². The summed E-state index contributed by atoms with van der Waals surface area (Å²) in [5, 5.41) is 3.31. The summed E-state index contributed by atoms with van der Waals surface area (Å²) >= 11 is 0. The second-order valence-corrected chi connectivity index (χ2v) is 9.10. The van der Waals surface area contributed by atoms with E-state index in [0.717, 1.165) is 17.4 Å². The topological polar surface area (TPSA) is 88.2 Å². The van der Waals surface area contributed by atoms with Gasteiger partial charge in [-0.2, -0.15) is 13.2 Å². The van der Waals surface area contributed by atoms with Gasteiger partial charge in [-0.15, -0.1) is 0 Å². The third-order valence-corrected chi connectivity index (χ3v) is 5.70. The lowest BCUT2D eigenvalue weighted by Gasteiger charge is -2.24. The van der Waals surface area contributed by atoms with Crippen molar-refractivity contribution in [3.63, 3.8) is 0 Å². The Hall–Kier alpha value is -2.46. The molecular formula is C20H22F3N3O3S. The SMILES string of the molecule is CS(=O)(=O)NCCNC(=O)c1cnc2c(C3=CC[C@@H](C(F)(F)F)CC3)cccc2c1. The summed E-state index contributed by atoms with van der Waals surface area (Å²) in [7, 11) is -3.32. The van der Waals surface area contributed by atoms with Crippen LogP contribution in [0.1, 0.15) is 35.2 Å². The van der Waals surface area contributed by atoms with E-state index in [-0.39, 0.29) is 25.9 Å². The third kappa shape index (κ3) is 5.57. The highest BCUT2D eigenvalue weighted by molar-refractivity contribution is 7.88. The number of halogens is 3. The fourth-order valence-electron chi connectivity index (χ4n) is 3.43. The number of amides is 1. The Labute approximate surface area is 172 Å². The molecule has 6 nitrogen and oxygen atoms in total. The van der Waals surface area contributed by atoms with E-state index in [4.69, 9.17) is 0 Å². The number of aromatic nitrogens is 1. The van der Waals surface area contributed by atoms with Crippen LogP contribution >= 0.6 is 0 Å². The van der Waals surface area contributed by atoms with Crippen molar-refractivity contribution in [2.45, 2.75) is 25.4 Å². The van der Waals surface area contributed by atoms with Gasteiger partial charge in [-0.1, -0.05) is 24.3 Å². The summed E-state index contributed by atoms with van der Waals surface area (Å²) < 4.78 is 63.0. The van der Waals surface area contributed by atoms with E-state index in [0.29, 0.717) is 22.9 Å². The van der Waals surface area contributed by atoms with Gasteiger partial charge in [0.2, 0.25) is 10.0 Å². The summed E-state index contributed by atoms with van der Waals surface area (Å²) in [5.41, 5.74) is 2.55. The monoisotopic (exact) mass is 441 g/mol. The molecule has 1 aliphatic rings. The van der Waals surface area contributed by atoms with Crippen LogP contribution < -0.4 is 10.0 Å². The van der Waals surface area contributed by atoms with E-state index in [1.54, 1.807) is 24.3 Å². The second-order valence-electron chi connectivity index (χ2n) is 7.27. The minimum atomic E-state index is -4.18. The molecule has 162 valence electrons. The molecule has 2 N–H and O–H groups in total. The molecule has 3 rings (SSSR count). The van der Waals surface area contributed by atoms with Crippen LogP contribution in [-0.4, -0.2) is 44.8 Å². The van der Waals surface area contributed by atoms with Crippen LogP contribution in [-0.2, 0) is 10.0 Å². The molecule has 10 heteroatoms. The number of benzene rings is 1. The molecule has 1 aliphatic carbocycles. The van der Waals surface area contributed by atoms with Crippen molar-refractivity contribution in [2.24, 2.45) is 5.92 Å². The first-order valence-electron chi connectivity index (χ1n) is 9.42. The molecule has 1 heterocycles. The zero-order valence-corrected chi connectivity index (χ0v) is 17.1. The average Bonchev–Trinajstić information content (AvgIpc) is 2.69. The highest BCUT2D eigenvalue weighted by Gasteiger charge is 2.39. The molecule has 1 atom stereocenters. The molecule has 1 aromatic carbocycles. The van der Waals surface area contributed by atoms with Crippen molar-refractivity contribution in [1.29, 1.82) is 0 Å². The van der Waals surface area contributed by atoms with Gasteiger partial charge in [0.1, 0.15) is 0 Å². The lowest BCUT2D eigenvalue weighted by atomic mass is 9.85. The normalized spacial score (nSPS) is 17.6. The van der Waals surface area contributed by atoms with Crippen LogP contribution in [0.4, 0.5) is 13.2 Å². The van der Waals surface area contributed by atoms with Crippen LogP contribution in [0.3, 0.4) is 0 Å². The number of fused-ring (bicyclic) bond motifs is 1. The van der Waals surface area contributed by atoms with Crippen LogP contribution in [0.5, 0.6) is 0 Å². The number of allylic oxidation sites excluding steroid dienone is 2. The Kier molecular flexibility index (Phi) is 6.47. The lowest BCUT2D eigenvalue weighted by molar-refractivity contribution is -0.175. The number of para-hydroxylation sites is 1. The van der Waals surface area contributed by atoms with Crippen LogP contribution in [0, 0.1) is 5.92 Å². The fourth-order valence-corrected chi connectivity index (χ4v) is 3.91. The number of hydrogen-bond donors (Lipinski definition) is 2. The van der Waals surface area contributed by atoms with Gasteiger partial charge < -0.3 is 5.32 Å². The largest absolute Gasteiger partial charge is 0.392 e. The highest BCUT2D eigenvalue weighted by Crippen LogP contribution is 2.40. The zero-order valence-electron chi connectivity index (χ0n) is 16.3. The summed E-state index contributed by atoms with van der Waals surface area (Å²) in [6.07, 6.45) is 0.217. The Morgan fingerprint density at radius 3 is 2.67 bits per heavy atom. The Morgan fingerprint density at radius 1 is 1.27 bits per heavy atom. The number of hydrogen-bond acceptors (Lipinski definition) is 4. The lowest BCUT2D eigenvalue weighted by Crippen LogP contribution is -2.34. The maximum atomic E-state index is 12.9. The van der Waals surface area contributed by atoms with E-state index in [2.05, 4.69) is 15.0 Å². The number of alkyl halides is 3. The number of nitrogens with zero attached hydrogens (tertiary/aromatic N) is 1. The minimum Gasteiger partial charge on any atom is -0.351 e.